The highest BCUT2D eigenvalue weighted by molar-refractivity contribution is 5.88. The third kappa shape index (κ3) is 7.55. The Bertz CT molecular complexity index is 938. The average Bonchev–Trinajstić information content (AvgIpc) is 2.83. The van der Waals surface area contributed by atoms with Crippen molar-refractivity contribution in [3.63, 3.8) is 0 Å². The highest BCUT2D eigenvalue weighted by Gasteiger charge is 2.31. The molecule has 0 aliphatic heterocycles. The lowest BCUT2D eigenvalue weighted by molar-refractivity contribution is -0.143. The molecule has 2 aromatic carbocycles. The maximum absolute atomic E-state index is 13.4. The highest BCUT2D eigenvalue weighted by atomic mass is 19.1. The van der Waals surface area contributed by atoms with Gasteiger partial charge in [-0.1, -0.05) is 68.0 Å². The van der Waals surface area contributed by atoms with Crippen LogP contribution >= 0.6 is 0 Å². The molecule has 0 fully saturated rings. The lowest BCUT2D eigenvalue weighted by Gasteiger charge is -2.33. The fraction of sp³-hybridized carbons (Fsp3) is 0.429. The van der Waals surface area contributed by atoms with E-state index in [0.29, 0.717) is 13.0 Å². The summed E-state index contributed by atoms with van der Waals surface area (Å²) in [7, 11) is 0. The fourth-order valence-electron chi connectivity index (χ4n) is 4.24. The number of nitrogens with one attached hydrogen (secondary N) is 1. The molecule has 1 aliphatic rings. The van der Waals surface area contributed by atoms with Crippen LogP contribution in [-0.4, -0.2) is 29.3 Å². The van der Waals surface area contributed by atoms with Gasteiger partial charge in [-0.15, -0.1) is 0 Å². The molecule has 0 aromatic heterocycles. The van der Waals surface area contributed by atoms with Gasteiger partial charge in [-0.25, -0.2) is 4.39 Å². The van der Waals surface area contributed by atoms with Crippen LogP contribution in [0, 0.1) is 11.7 Å². The Morgan fingerprint density at radius 3 is 2.36 bits per heavy atom. The largest absolute Gasteiger partial charge is 0.354 e. The molecular formula is C28H35FN2O2. The Kier molecular flexibility index (Phi) is 9.23. The van der Waals surface area contributed by atoms with Crippen LogP contribution in [0.15, 0.2) is 66.2 Å². The summed E-state index contributed by atoms with van der Waals surface area (Å²) < 4.78 is 13.4. The standard InChI is InChI=1S/C28H35FN2O2/c1-21(2)28(33)31(20-24-13-15-25(29)16-14-24)26(19-23-11-7-4-8-12-23)27(32)30-18-17-22-9-5-3-6-10-22/h4,7-9,11-16,21,26H,3,5-6,10,17-20H2,1-2H3,(H,30,32). The molecule has 1 aliphatic carbocycles. The van der Waals surface area contributed by atoms with Crippen molar-refractivity contribution in [2.45, 2.75) is 65.0 Å². The van der Waals surface area contributed by atoms with Crippen molar-refractivity contribution in [3.05, 3.63) is 83.2 Å². The van der Waals surface area contributed by atoms with Gasteiger partial charge in [0.25, 0.3) is 0 Å². The van der Waals surface area contributed by atoms with E-state index >= 15 is 0 Å². The smallest absolute Gasteiger partial charge is 0.243 e. The second-order valence-electron chi connectivity index (χ2n) is 9.10. The van der Waals surface area contributed by atoms with E-state index in [9.17, 15) is 14.0 Å². The van der Waals surface area contributed by atoms with E-state index in [2.05, 4.69) is 11.4 Å². The number of nitrogens with zero attached hydrogens (tertiary/aromatic N) is 1. The predicted molar refractivity (Wildman–Crippen MR) is 130 cm³/mol. The van der Waals surface area contributed by atoms with Crippen LogP contribution in [-0.2, 0) is 22.6 Å². The van der Waals surface area contributed by atoms with Gasteiger partial charge in [-0.3, -0.25) is 9.59 Å². The minimum atomic E-state index is -0.646. The van der Waals surface area contributed by atoms with Crippen LogP contribution in [0.2, 0.25) is 0 Å². The molecule has 2 amide bonds. The zero-order valence-electron chi connectivity index (χ0n) is 19.7. The van der Waals surface area contributed by atoms with E-state index < -0.39 is 6.04 Å². The maximum Gasteiger partial charge on any atom is 0.243 e. The summed E-state index contributed by atoms with van der Waals surface area (Å²) in [5, 5.41) is 3.09. The second kappa shape index (κ2) is 12.3. The minimum Gasteiger partial charge on any atom is -0.354 e. The molecule has 33 heavy (non-hydrogen) atoms. The first kappa shape index (κ1) is 24.7. The lowest BCUT2D eigenvalue weighted by atomic mass is 9.97. The van der Waals surface area contributed by atoms with Gasteiger partial charge in [0.15, 0.2) is 0 Å². The molecule has 3 rings (SSSR count). The number of carbonyl (C=O) groups is 2. The average molecular weight is 451 g/mol. The van der Waals surface area contributed by atoms with Crippen molar-refractivity contribution >= 4 is 11.8 Å². The molecule has 5 heteroatoms. The van der Waals surface area contributed by atoms with Crippen LogP contribution in [0.1, 0.15) is 57.1 Å². The number of hydrogen-bond donors (Lipinski definition) is 1. The molecule has 0 saturated carbocycles. The van der Waals surface area contributed by atoms with Crippen molar-refractivity contribution in [1.29, 1.82) is 0 Å². The van der Waals surface area contributed by atoms with Crippen molar-refractivity contribution in [2.75, 3.05) is 6.54 Å². The van der Waals surface area contributed by atoms with E-state index in [-0.39, 0.29) is 30.1 Å². The van der Waals surface area contributed by atoms with Crippen molar-refractivity contribution in [2.24, 2.45) is 5.92 Å². The number of halogens is 1. The normalized spacial score (nSPS) is 14.5. The summed E-state index contributed by atoms with van der Waals surface area (Å²) in [6, 6.07) is 15.2. The summed E-state index contributed by atoms with van der Waals surface area (Å²) in [5.74, 6) is -0.822. The Balaban J connectivity index is 1.80. The molecule has 0 heterocycles. The van der Waals surface area contributed by atoms with Crippen molar-refractivity contribution in [3.8, 4) is 0 Å². The number of amides is 2. The molecule has 0 saturated heterocycles. The van der Waals surface area contributed by atoms with Gasteiger partial charge in [0.2, 0.25) is 11.8 Å². The summed E-state index contributed by atoms with van der Waals surface area (Å²) in [4.78, 5) is 28.3. The summed E-state index contributed by atoms with van der Waals surface area (Å²) in [6.07, 6.45) is 8.24. The van der Waals surface area contributed by atoms with E-state index in [1.54, 1.807) is 17.0 Å². The van der Waals surface area contributed by atoms with Crippen molar-refractivity contribution in [1.82, 2.24) is 10.2 Å². The van der Waals surface area contributed by atoms with E-state index in [0.717, 1.165) is 30.4 Å². The number of allylic oxidation sites excluding steroid dienone is 1. The van der Waals surface area contributed by atoms with Crippen LogP contribution in [0.4, 0.5) is 4.39 Å². The van der Waals surface area contributed by atoms with Gasteiger partial charge >= 0.3 is 0 Å². The number of carbonyl (C=O) groups excluding carboxylic acids is 2. The first-order valence-corrected chi connectivity index (χ1v) is 12.0. The first-order valence-electron chi connectivity index (χ1n) is 12.0. The number of hydrogen-bond acceptors (Lipinski definition) is 2. The second-order valence-corrected chi connectivity index (χ2v) is 9.10. The van der Waals surface area contributed by atoms with Gasteiger partial charge in [0.1, 0.15) is 11.9 Å². The monoisotopic (exact) mass is 450 g/mol. The molecule has 0 spiro atoms. The van der Waals surface area contributed by atoms with Crippen LogP contribution in [0.5, 0.6) is 0 Å². The predicted octanol–water partition coefficient (Wildman–Crippen LogP) is 5.43. The number of benzene rings is 2. The SMILES string of the molecule is CC(C)C(=O)N(Cc1ccc(F)cc1)C(Cc1ccccc1)C(=O)NCCC1=CCCCC1. The van der Waals surface area contributed by atoms with Gasteiger partial charge in [-0.05, 0) is 55.4 Å². The Labute approximate surface area is 196 Å². The third-order valence-corrected chi connectivity index (χ3v) is 6.12. The molecule has 4 nitrogen and oxygen atoms in total. The van der Waals surface area contributed by atoms with Gasteiger partial charge in [-0.2, -0.15) is 0 Å². The summed E-state index contributed by atoms with van der Waals surface area (Å²) in [5.41, 5.74) is 3.19. The zero-order valence-corrected chi connectivity index (χ0v) is 19.7. The lowest BCUT2D eigenvalue weighted by Crippen LogP contribution is -2.51. The summed E-state index contributed by atoms with van der Waals surface area (Å²) in [6.45, 7) is 4.50. The molecular weight excluding hydrogens is 415 g/mol. The Morgan fingerprint density at radius 2 is 1.73 bits per heavy atom. The topological polar surface area (TPSA) is 49.4 Å². The van der Waals surface area contributed by atoms with Gasteiger partial charge in [0.05, 0.1) is 0 Å². The maximum atomic E-state index is 13.4. The van der Waals surface area contributed by atoms with E-state index in [1.165, 1.54) is 30.5 Å². The van der Waals surface area contributed by atoms with E-state index in [1.807, 2.05) is 44.2 Å². The van der Waals surface area contributed by atoms with Gasteiger partial charge < -0.3 is 10.2 Å². The van der Waals surface area contributed by atoms with Crippen LogP contribution < -0.4 is 5.32 Å². The molecule has 1 unspecified atom stereocenters. The third-order valence-electron chi connectivity index (χ3n) is 6.12. The Hall–Kier alpha value is -2.95. The molecule has 0 bridgehead atoms. The zero-order chi connectivity index (χ0) is 23.6. The van der Waals surface area contributed by atoms with Gasteiger partial charge in [0, 0.05) is 25.4 Å². The number of rotatable bonds is 10. The summed E-state index contributed by atoms with van der Waals surface area (Å²) >= 11 is 0. The Morgan fingerprint density at radius 1 is 1.00 bits per heavy atom. The quantitative estimate of drug-likeness (QED) is 0.491. The molecule has 1 N–H and O–H groups in total. The van der Waals surface area contributed by atoms with E-state index in [4.69, 9.17) is 0 Å². The first-order chi connectivity index (χ1) is 15.9. The minimum absolute atomic E-state index is 0.0922. The van der Waals surface area contributed by atoms with Crippen molar-refractivity contribution < 1.29 is 14.0 Å². The highest BCUT2D eigenvalue weighted by Crippen LogP contribution is 2.20. The molecule has 2 aromatic rings. The molecule has 0 radical (unpaired) electrons. The molecule has 176 valence electrons. The fourth-order valence-corrected chi connectivity index (χ4v) is 4.24. The van der Waals surface area contributed by atoms with Crippen LogP contribution in [0.3, 0.4) is 0 Å². The van der Waals surface area contributed by atoms with Crippen LogP contribution in [0.25, 0.3) is 0 Å². The molecule has 1 atom stereocenters.